The molecule has 4 aromatic heterocycles. The van der Waals surface area contributed by atoms with E-state index in [1.165, 1.54) is 41.8 Å². The number of anilines is 1. The molecule has 1 saturated heterocycles. The van der Waals surface area contributed by atoms with Crippen molar-refractivity contribution in [2.24, 2.45) is 16.8 Å². The van der Waals surface area contributed by atoms with E-state index in [1.807, 2.05) is 39.9 Å². The number of carbonyl (C=O) groups is 4. The number of halogens is 1. The van der Waals surface area contributed by atoms with Crippen LogP contribution in [0.25, 0.3) is 10.9 Å². The Balaban J connectivity index is 1.22. The van der Waals surface area contributed by atoms with E-state index in [2.05, 4.69) is 15.1 Å². The summed E-state index contributed by atoms with van der Waals surface area (Å²) in [7, 11) is 0. The van der Waals surface area contributed by atoms with Crippen LogP contribution in [0, 0.1) is 11.3 Å². The van der Waals surface area contributed by atoms with Gasteiger partial charge in [-0.05, 0) is 19.9 Å². The second kappa shape index (κ2) is 13.5. The number of hydrogen-bond donors (Lipinski definition) is 5. The molecular formula is C30H29ClN9O7S3+. The Bertz CT molecular complexity index is 2150. The van der Waals surface area contributed by atoms with Crippen molar-refractivity contribution in [1.29, 1.82) is 5.41 Å². The largest absolute Gasteiger partial charge is 0.478 e. The molecule has 0 saturated carbocycles. The first-order valence-electron chi connectivity index (χ1n) is 14.8. The van der Waals surface area contributed by atoms with Crippen LogP contribution in [-0.2, 0) is 37.1 Å². The molecule has 20 heteroatoms. The number of hydrogen-bond acceptors (Lipinski definition) is 13. The van der Waals surface area contributed by atoms with Gasteiger partial charge >= 0.3 is 11.9 Å². The van der Waals surface area contributed by atoms with Gasteiger partial charge in [-0.3, -0.25) is 19.9 Å². The van der Waals surface area contributed by atoms with Crippen LogP contribution in [0.4, 0.5) is 5.13 Å². The van der Waals surface area contributed by atoms with Crippen LogP contribution in [0.1, 0.15) is 36.7 Å². The van der Waals surface area contributed by atoms with Crippen LogP contribution >= 0.6 is 46.0 Å². The lowest BCUT2D eigenvalue weighted by Gasteiger charge is -2.49. The maximum absolute atomic E-state index is 13.6. The molecule has 1 amide bonds. The van der Waals surface area contributed by atoms with Crippen molar-refractivity contribution in [3.63, 3.8) is 0 Å². The van der Waals surface area contributed by atoms with E-state index in [9.17, 15) is 29.4 Å². The highest BCUT2D eigenvalue weighted by Gasteiger charge is 2.54. The summed E-state index contributed by atoms with van der Waals surface area (Å²) in [5.41, 5.74) is 10.7. The summed E-state index contributed by atoms with van der Waals surface area (Å²) >= 11 is 9.85. The van der Waals surface area contributed by atoms with Crippen molar-refractivity contribution in [3.8, 4) is 0 Å². The molecule has 50 heavy (non-hydrogen) atoms. The Labute approximate surface area is 300 Å². The first kappa shape index (κ1) is 35.0. The van der Waals surface area contributed by atoms with E-state index >= 15 is 0 Å². The van der Waals surface area contributed by atoms with Gasteiger partial charge in [0, 0.05) is 40.8 Å². The number of oxime groups is 1. The number of aromatic nitrogens is 4. The van der Waals surface area contributed by atoms with E-state index in [0.29, 0.717) is 17.8 Å². The number of rotatable bonds is 13. The van der Waals surface area contributed by atoms with Gasteiger partial charge in [0.2, 0.25) is 11.5 Å². The first-order chi connectivity index (χ1) is 23.6. The number of nitrogen functional groups attached to an aromatic ring is 2. The van der Waals surface area contributed by atoms with Gasteiger partial charge < -0.3 is 31.1 Å². The third-order valence-electron chi connectivity index (χ3n) is 8.02. The number of fused-ring (bicyclic) bond motifs is 2. The Morgan fingerprint density at radius 1 is 1.26 bits per heavy atom. The van der Waals surface area contributed by atoms with Crippen molar-refractivity contribution in [3.05, 3.63) is 68.1 Å². The minimum Gasteiger partial charge on any atom is -0.478 e. The molecular weight excluding hydrogens is 730 g/mol. The molecule has 0 bridgehead atoms. The summed E-state index contributed by atoms with van der Waals surface area (Å²) in [6.45, 7) is 3.12. The molecule has 2 aliphatic heterocycles. The van der Waals surface area contributed by atoms with Crippen molar-refractivity contribution in [2.45, 2.75) is 44.3 Å². The Morgan fingerprint density at radius 3 is 2.66 bits per heavy atom. The Kier molecular flexibility index (Phi) is 9.42. The van der Waals surface area contributed by atoms with Crippen molar-refractivity contribution in [1.82, 2.24) is 19.4 Å². The predicted molar refractivity (Wildman–Crippen MR) is 186 cm³/mol. The molecule has 2 atom stereocenters. The van der Waals surface area contributed by atoms with Gasteiger partial charge in [0.15, 0.2) is 35.6 Å². The number of amidine groups is 1. The van der Waals surface area contributed by atoms with Crippen LogP contribution in [-0.4, -0.2) is 81.6 Å². The number of thiazole rings is 2. The average Bonchev–Trinajstić information content (AvgIpc) is 3.78. The fourth-order valence-electron chi connectivity index (χ4n) is 5.40. The molecule has 0 spiro atoms. The molecule has 16 nitrogen and oxygen atoms in total. The number of Topliss-reactive ketones (excluding diaryl/α,β-unsaturated/α-hetero) is 1. The zero-order valence-electron chi connectivity index (χ0n) is 26.3. The van der Waals surface area contributed by atoms with Crippen LogP contribution in [0.5, 0.6) is 0 Å². The molecule has 6 rings (SSSR count). The maximum atomic E-state index is 13.6. The number of ketones is 1. The van der Waals surface area contributed by atoms with Gasteiger partial charge in [-0.15, -0.1) is 23.1 Å². The highest BCUT2D eigenvalue weighted by Crippen LogP contribution is 2.45. The highest BCUT2D eigenvalue weighted by atomic mass is 35.5. The normalized spacial score (nSPS) is 17.9. The quantitative estimate of drug-likeness (QED) is 0.0434. The summed E-state index contributed by atoms with van der Waals surface area (Å²) in [5, 5.41) is 33.9. The molecule has 0 unspecified atom stereocenters. The molecule has 1 fully saturated rings. The summed E-state index contributed by atoms with van der Waals surface area (Å²) in [4.78, 5) is 66.0. The fraction of sp³-hybridized carbons (Fsp3) is 0.300. The zero-order chi connectivity index (χ0) is 36.1. The second-order valence-electron chi connectivity index (χ2n) is 11.9. The number of amides is 1. The topological polar surface area (TPSA) is 244 Å². The molecule has 0 radical (unpaired) electrons. The maximum Gasteiger partial charge on any atom is 0.352 e. The number of β-lactam (4-membered cyclic amide) rings is 1. The number of nitrogens with one attached hydrogen (secondary N) is 1. The van der Waals surface area contributed by atoms with Gasteiger partial charge in [-0.2, -0.15) is 4.57 Å². The molecule has 0 aromatic carbocycles. The summed E-state index contributed by atoms with van der Waals surface area (Å²) in [5.74, 6) is -4.57. The fourth-order valence-corrected chi connectivity index (χ4v) is 8.52. The van der Waals surface area contributed by atoms with E-state index in [4.69, 9.17) is 33.3 Å². The van der Waals surface area contributed by atoms with Crippen LogP contribution in [0.2, 0.25) is 4.34 Å². The van der Waals surface area contributed by atoms with Gasteiger partial charge in [0.1, 0.15) is 37.8 Å². The Hall–Kier alpha value is -4.85. The standard InChI is InChI=1S/C30H28ClN9O7S3/c1-30(2,28(45)46)47-37-20(21-23(31)50-29(34)36-21)18(41)7-15-25(42)40-22(27(43)44)14(11-49-26(15)40)8-38-5-3-13-4-6-39(17(13)9-38)10-19-35-16(12-48-19)24(32)33/h3-6,9,12,15,26H,7-8,10-11H2,1-2H3,(H6-,32,33,34,36,43,44,45,46)/p+1/b37-20+/t15-,26-/m1/s1. The van der Waals surface area contributed by atoms with Crippen molar-refractivity contribution >= 4 is 97.2 Å². The summed E-state index contributed by atoms with van der Waals surface area (Å²) < 4.78 is 3.86. The second-order valence-corrected chi connectivity index (χ2v) is 15.5. The molecule has 6 heterocycles. The van der Waals surface area contributed by atoms with Gasteiger partial charge in [0.25, 0.3) is 0 Å². The molecule has 260 valence electrons. The number of aliphatic carboxylic acids is 2. The third-order valence-corrected chi connectivity index (χ3v) is 11.3. The number of carbonyl (C=O) groups excluding carboxylic acids is 2. The number of nitrogens with zero attached hydrogens (tertiary/aromatic N) is 6. The van der Waals surface area contributed by atoms with E-state index < -0.39 is 46.2 Å². The van der Waals surface area contributed by atoms with Crippen molar-refractivity contribution in [2.75, 3.05) is 11.5 Å². The molecule has 4 aromatic rings. The lowest BCUT2D eigenvalue weighted by molar-refractivity contribution is -0.687. The SMILES string of the molecule is CC(C)(O/N=C(\C(=O)C[C@@H]1C(=O)N2C(C(=O)O)=C(C[n+]3ccc4ccn(Cc5nc(C(=N)N)cs5)c4c3)CS[C@H]12)c1nc(N)sc1Cl)C(=O)O. The number of nitrogens with two attached hydrogens (primary N) is 2. The summed E-state index contributed by atoms with van der Waals surface area (Å²) in [6.07, 6.45) is 5.26. The smallest absolute Gasteiger partial charge is 0.352 e. The van der Waals surface area contributed by atoms with Crippen LogP contribution in [0.3, 0.4) is 0 Å². The van der Waals surface area contributed by atoms with Crippen LogP contribution in [0.15, 0.2) is 52.5 Å². The Morgan fingerprint density at radius 2 is 2.02 bits per heavy atom. The van der Waals surface area contributed by atoms with Gasteiger partial charge in [-0.25, -0.2) is 19.6 Å². The average molecular weight is 759 g/mol. The molecule has 0 aliphatic carbocycles. The number of thioether (sulfide) groups is 1. The number of carboxylic acids is 2. The number of pyridine rings is 1. The minimum atomic E-state index is -1.80. The lowest BCUT2D eigenvalue weighted by Crippen LogP contribution is -2.62. The first-order valence-corrected chi connectivity index (χ1v) is 17.9. The monoisotopic (exact) mass is 758 g/mol. The highest BCUT2D eigenvalue weighted by molar-refractivity contribution is 8.00. The lowest BCUT2D eigenvalue weighted by atomic mass is 9.89. The summed E-state index contributed by atoms with van der Waals surface area (Å²) in [6, 6.07) is 3.86. The predicted octanol–water partition coefficient (Wildman–Crippen LogP) is 2.52. The van der Waals surface area contributed by atoms with E-state index in [0.717, 1.165) is 27.2 Å². The van der Waals surface area contributed by atoms with Gasteiger partial charge in [0.05, 0.1) is 17.8 Å². The number of carboxylic acid groups (broad SMARTS) is 2. The van der Waals surface area contributed by atoms with Gasteiger partial charge in [-0.1, -0.05) is 28.1 Å². The van der Waals surface area contributed by atoms with Crippen LogP contribution < -0.4 is 16.0 Å². The van der Waals surface area contributed by atoms with Crippen molar-refractivity contribution < 1.29 is 38.8 Å². The third kappa shape index (κ3) is 6.68. The minimum absolute atomic E-state index is 0.0222. The molecule has 7 N–H and O–H groups in total. The molecule has 2 aliphatic rings. The van der Waals surface area contributed by atoms with E-state index in [1.54, 1.807) is 5.38 Å². The van der Waals surface area contributed by atoms with E-state index in [-0.39, 0.29) is 45.4 Å². The zero-order valence-corrected chi connectivity index (χ0v) is 29.5.